The molecule has 6 heteroatoms. The number of ether oxygens (including phenoxy) is 2. The summed E-state index contributed by atoms with van der Waals surface area (Å²) < 4.78 is 9.97. The Hall–Kier alpha value is -1.26. The Labute approximate surface area is 121 Å². The van der Waals surface area contributed by atoms with E-state index in [1.807, 2.05) is 0 Å². The van der Waals surface area contributed by atoms with E-state index in [9.17, 15) is 9.59 Å². The average Bonchev–Trinajstić information content (AvgIpc) is 2.35. The van der Waals surface area contributed by atoms with E-state index in [2.05, 4.69) is 0 Å². The summed E-state index contributed by atoms with van der Waals surface area (Å²) in [6.07, 6.45) is 0.147. The van der Waals surface area contributed by atoms with E-state index in [1.54, 1.807) is 19.1 Å². The van der Waals surface area contributed by atoms with E-state index >= 15 is 0 Å². The molecular weight excluding hydrogens is 291 g/mol. The molecule has 1 aromatic rings. The Morgan fingerprint density at radius 2 is 1.95 bits per heavy atom. The largest absolute Gasteiger partial charge is 0.484 e. The van der Waals surface area contributed by atoms with Crippen molar-refractivity contribution in [2.45, 2.75) is 19.8 Å². The molecule has 0 N–H and O–H groups in total. The van der Waals surface area contributed by atoms with Gasteiger partial charge in [0.15, 0.2) is 5.78 Å². The number of hydrogen-bond acceptors (Lipinski definition) is 4. The van der Waals surface area contributed by atoms with Crippen LogP contribution in [0, 0.1) is 0 Å². The van der Waals surface area contributed by atoms with Crippen molar-refractivity contribution >= 4 is 35.0 Å². The summed E-state index contributed by atoms with van der Waals surface area (Å²) in [5.41, 5.74) is 0. The smallest absolute Gasteiger partial charge is 0.306 e. The molecule has 0 saturated heterocycles. The Morgan fingerprint density at radius 3 is 2.58 bits per heavy atom. The van der Waals surface area contributed by atoms with Crippen molar-refractivity contribution in [3.63, 3.8) is 0 Å². The van der Waals surface area contributed by atoms with Crippen LogP contribution in [0.15, 0.2) is 18.2 Å². The normalized spacial score (nSPS) is 10.1. The van der Waals surface area contributed by atoms with Gasteiger partial charge >= 0.3 is 5.97 Å². The highest BCUT2D eigenvalue weighted by Crippen LogP contribution is 2.27. The highest BCUT2D eigenvalue weighted by molar-refractivity contribution is 6.35. The molecule has 0 saturated carbocycles. The van der Waals surface area contributed by atoms with E-state index in [4.69, 9.17) is 32.7 Å². The van der Waals surface area contributed by atoms with E-state index in [0.29, 0.717) is 22.4 Å². The molecule has 0 aliphatic heterocycles. The molecule has 4 nitrogen and oxygen atoms in total. The Balaban J connectivity index is 2.36. The summed E-state index contributed by atoms with van der Waals surface area (Å²) >= 11 is 11.6. The van der Waals surface area contributed by atoms with Crippen molar-refractivity contribution < 1.29 is 19.1 Å². The molecule has 0 amide bonds. The SMILES string of the molecule is CCOC(=O)CCC(=O)COc1ccc(Cl)cc1Cl. The first-order chi connectivity index (χ1) is 9.02. The fourth-order valence-corrected chi connectivity index (χ4v) is 1.76. The van der Waals surface area contributed by atoms with Crippen LogP contribution in [0.2, 0.25) is 10.0 Å². The van der Waals surface area contributed by atoms with Gasteiger partial charge in [-0.25, -0.2) is 0 Å². The third-order valence-corrected chi connectivity index (χ3v) is 2.73. The van der Waals surface area contributed by atoms with Crippen LogP contribution in [0.5, 0.6) is 5.75 Å². The Kier molecular flexibility index (Phi) is 6.67. The van der Waals surface area contributed by atoms with Crippen molar-refractivity contribution in [2.75, 3.05) is 13.2 Å². The van der Waals surface area contributed by atoms with Crippen LogP contribution >= 0.6 is 23.2 Å². The van der Waals surface area contributed by atoms with Gasteiger partial charge in [-0.3, -0.25) is 9.59 Å². The summed E-state index contributed by atoms with van der Waals surface area (Å²) in [6.45, 7) is 1.88. The van der Waals surface area contributed by atoms with Crippen molar-refractivity contribution in [3.05, 3.63) is 28.2 Å². The molecule has 0 aliphatic rings. The second-order valence-electron chi connectivity index (χ2n) is 3.71. The first-order valence-electron chi connectivity index (χ1n) is 5.78. The van der Waals surface area contributed by atoms with Crippen LogP contribution in [-0.2, 0) is 14.3 Å². The predicted octanol–water partition coefficient (Wildman–Crippen LogP) is 3.28. The molecule has 0 atom stereocenters. The quantitative estimate of drug-likeness (QED) is 0.725. The molecule has 104 valence electrons. The standard InChI is InChI=1S/C13H14Cl2O4/c1-2-18-13(17)6-4-10(16)8-19-12-5-3-9(14)7-11(12)15/h3,5,7H,2,4,6,8H2,1H3. The summed E-state index contributed by atoms with van der Waals surface area (Å²) in [6, 6.07) is 4.73. The minimum absolute atomic E-state index is 0.0599. The van der Waals surface area contributed by atoms with Crippen LogP contribution in [0.4, 0.5) is 0 Å². The molecule has 1 rings (SSSR count). The fraction of sp³-hybridized carbons (Fsp3) is 0.385. The summed E-state index contributed by atoms with van der Waals surface area (Å²) in [5.74, 6) is -0.199. The van der Waals surface area contributed by atoms with Crippen LogP contribution in [0.3, 0.4) is 0 Å². The Bertz CT molecular complexity index is 460. The lowest BCUT2D eigenvalue weighted by Crippen LogP contribution is -2.14. The lowest BCUT2D eigenvalue weighted by Gasteiger charge is -2.07. The molecular formula is C13H14Cl2O4. The van der Waals surface area contributed by atoms with Crippen LogP contribution in [0.25, 0.3) is 0 Å². The molecule has 1 aromatic carbocycles. The number of esters is 1. The van der Waals surface area contributed by atoms with Crippen molar-refractivity contribution in [1.29, 1.82) is 0 Å². The van der Waals surface area contributed by atoms with Gasteiger partial charge in [0.1, 0.15) is 12.4 Å². The third kappa shape index (κ3) is 5.94. The monoisotopic (exact) mass is 304 g/mol. The number of ketones is 1. The molecule has 19 heavy (non-hydrogen) atoms. The zero-order chi connectivity index (χ0) is 14.3. The maximum atomic E-state index is 11.5. The van der Waals surface area contributed by atoms with Gasteiger partial charge in [-0.15, -0.1) is 0 Å². The first-order valence-corrected chi connectivity index (χ1v) is 6.53. The topological polar surface area (TPSA) is 52.6 Å². The van der Waals surface area contributed by atoms with Crippen molar-refractivity contribution in [3.8, 4) is 5.75 Å². The third-order valence-electron chi connectivity index (χ3n) is 2.20. The zero-order valence-electron chi connectivity index (χ0n) is 10.4. The number of carbonyl (C=O) groups excluding carboxylic acids is 2. The molecule has 0 radical (unpaired) electrons. The van der Waals surface area contributed by atoms with E-state index in [0.717, 1.165) is 0 Å². The lowest BCUT2D eigenvalue weighted by atomic mass is 10.2. The van der Waals surface area contributed by atoms with Gasteiger partial charge in [0, 0.05) is 11.4 Å². The molecule has 0 bridgehead atoms. The second kappa shape index (κ2) is 8.02. The van der Waals surface area contributed by atoms with Gasteiger partial charge in [-0.05, 0) is 25.1 Å². The van der Waals surface area contributed by atoms with Gasteiger partial charge in [0.2, 0.25) is 0 Å². The predicted molar refractivity (Wildman–Crippen MR) is 72.8 cm³/mol. The molecule has 0 aromatic heterocycles. The Morgan fingerprint density at radius 1 is 1.21 bits per heavy atom. The summed E-state index contributed by atoms with van der Waals surface area (Å²) in [5, 5.41) is 0.830. The average molecular weight is 305 g/mol. The minimum atomic E-state index is -0.389. The molecule has 0 heterocycles. The fourth-order valence-electron chi connectivity index (χ4n) is 1.30. The van der Waals surface area contributed by atoms with Gasteiger partial charge < -0.3 is 9.47 Å². The van der Waals surface area contributed by atoms with Crippen molar-refractivity contribution in [1.82, 2.24) is 0 Å². The van der Waals surface area contributed by atoms with E-state index in [1.165, 1.54) is 6.07 Å². The maximum Gasteiger partial charge on any atom is 0.306 e. The van der Waals surface area contributed by atoms with Crippen LogP contribution in [-0.4, -0.2) is 25.0 Å². The molecule has 0 spiro atoms. The van der Waals surface area contributed by atoms with Gasteiger partial charge in [0.05, 0.1) is 18.1 Å². The number of rotatable bonds is 7. The van der Waals surface area contributed by atoms with E-state index < -0.39 is 0 Å². The van der Waals surface area contributed by atoms with Crippen LogP contribution < -0.4 is 4.74 Å². The molecule has 0 aliphatic carbocycles. The van der Waals surface area contributed by atoms with Gasteiger partial charge in [-0.2, -0.15) is 0 Å². The number of Topliss-reactive ketones (excluding diaryl/α,β-unsaturated/α-hetero) is 1. The number of halogens is 2. The second-order valence-corrected chi connectivity index (χ2v) is 4.55. The summed E-state index contributed by atoms with van der Waals surface area (Å²) in [4.78, 5) is 22.6. The number of hydrogen-bond donors (Lipinski definition) is 0. The number of benzene rings is 1. The molecule has 0 fully saturated rings. The molecule has 0 unspecified atom stereocenters. The van der Waals surface area contributed by atoms with Crippen LogP contribution in [0.1, 0.15) is 19.8 Å². The van der Waals surface area contributed by atoms with E-state index in [-0.39, 0.29) is 31.2 Å². The van der Waals surface area contributed by atoms with Gasteiger partial charge in [0.25, 0.3) is 0 Å². The van der Waals surface area contributed by atoms with Crippen molar-refractivity contribution in [2.24, 2.45) is 0 Å². The van der Waals surface area contributed by atoms with Gasteiger partial charge in [-0.1, -0.05) is 23.2 Å². The summed E-state index contributed by atoms with van der Waals surface area (Å²) in [7, 11) is 0. The lowest BCUT2D eigenvalue weighted by molar-refractivity contribution is -0.144. The number of carbonyl (C=O) groups is 2. The zero-order valence-corrected chi connectivity index (χ0v) is 12.0. The maximum absolute atomic E-state index is 11.5. The highest BCUT2D eigenvalue weighted by atomic mass is 35.5. The minimum Gasteiger partial charge on any atom is -0.484 e. The highest BCUT2D eigenvalue weighted by Gasteiger charge is 2.09. The first kappa shape index (κ1) is 15.8.